The molecule has 15 heavy (non-hydrogen) atoms. The minimum absolute atomic E-state index is 0.239. The van der Waals surface area contributed by atoms with Crippen LogP contribution in [0.3, 0.4) is 0 Å². The molecule has 82 valence electrons. The number of hydrogen-bond acceptors (Lipinski definition) is 3. The van der Waals surface area contributed by atoms with Gasteiger partial charge >= 0.3 is 0 Å². The van der Waals surface area contributed by atoms with Crippen molar-refractivity contribution < 1.29 is 8.42 Å². The number of sulfonamides is 1. The first kappa shape index (κ1) is 10.4. The average Bonchev–Trinajstić information content (AvgIpc) is 2.19. The van der Waals surface area contributed by atoms with Gasteiger partial charge in [-0.3, -0.25) is 4.31 Å². The van der Waals surface area contributed by atoms with Crippen molar-refractivity contribution in [3.8, 4) is 0 Å². The van der Waals surface area contributed by atoms with Crippen molar-refractivity contribution >= 4 is 15.8 Å². The Balaban J connectivity index is 2.33. The van der Waals surface area contributed by atoms with E-state index >= 15 is 0 Å². The summed E-state index contributed by atoms with van der Waals surface area (Å²) < 4.78 is 24.9. The van der Waals surface area contributed by atoms with E-state index in [4.69, 9.17) is 0 Å². The minimum Gasteiger partial charge on any atom is -0.254 e. The van der Waals surface area contributed by atoms with Gasteiger partial charge in [0.2, 0.25) is 10.0 Å². The van der Waals surface area contributed by atoms with Crippen LogP contribution in [0.4, 0.5) is 5.82 Å². The normalized spacial score (nSPS) is 20.2. The van der Waals surface area contributed by atoms with Crippen molar-refractivity contribution in [2.45, 2.75) is 19.8 Å². The second kappa shape index (κ2) is 3.81. The molecule has 5 heteroatoms. The van der Waals surface area contributed by atoms with E-state index in [1.54, 1.807) is 12.3 Å². The van der Waals surface area contributed by atoms with Crippen LogP contribution >= 0.6 is 0 Å². The Labute approximate surface area is 90.0 Å². The summed E-state index contributed by atoms with van der Waals surface area (Å²) in [5.41, 5.74) is 1.04. The van der Waals surface area contributed by atoms with Gasteiger partial charge in [-0.05, 0) is 31.4 Å². The third-order valence-electron chi connectivity index (χ3n) is 2.50. The zero-order chi connectivity index (χ0) is 10.9. The summed E-state index contributed by atoms with van der Waals surface area (Å²) in [5, 5.41) is 0. The highest BCUT2D eigenvalue weighted by Gasteiger charge is 2.26. The van der Waals surface area contributed by atoms with Crippen molar-refractivity contribution in [3.63, 3.8) is 0 Å². The first-order valence-electron chi connectivity index (χ1n) is 5.03. The lowest BCUT2D eigenvalue weighted by Gasteiger charge is -2.27. The topological polar surface area (TPSA) is 50.3 Å². The minimum atomic E-state index is -3.12. The van der Waals surface area contributed by atoms with E-state index in [1.807, 2.05) is 13.0 Å². The molecule has 1 aliphatic heterocycles. The molecule has 0 aliphatic carbocycles. The lowest BCUT2D eigenvalue weighted by Crippen LogP contribution is -2.38. The Morgan fingerprint density at radius 1 is 1.33 bits per heavy atom. The highest BCUT2D eigenvalue weighted by Crippen LogP contribution is 2.21. The van der Waals surface area contributed by atoms with Crippen LogP contribution < -0.4 is 4.31 Å². The van der Waals surface area contributed by atoms with Crippen molar-refractivity contribution in [3.05, 3.63) is 23.9 Å². The SMILES string of the molecule is Cc1ccc(N2CCCCS2(=O)=O)nc1. The number of hydrogen-bond donors (Lipinski definition) is 0. The van der Waals surface area contributed by atoms with Crippen LogP contribution in [0.1, 0.15) is 18.4 Å². The Bertz CT molecular complexity index is 439. The number of nitrogens with zero attached hydrogens (tertiary/aromatic N) is 2. The largest absolute Gasteiger partial charge is 0.254 e. The van der Waals surface area contributed by atoms with Gasteiger partial charge in [0, 0.05) is 12.7 Å². The molecule has 1 saturated heterocycles. The molecule has 1 aromatic rings. The molecule has 0 amide bonds. The molecule has 0 atom stereocenters. The number of aromatic nitrogens is 1. The summed E-state index contributed by atoms with van der Waals surface area (Å²) in [6.45, 7) is 2.49. The third-order valence-corrected chi connectivity index (χ3v) is 4.35. The van der Waals surface area contributed by atoms with Crippen molar-refractivity contribution in [2.24, 2.45) is 0 Å². The molecular weight excluding hydrogens is 212 g/mol. The maximum atomic E-state index is 11.8. The molecule has 0 aromatic carbocycles. The van der Waals surface area contributed by atoms with Gasteiger partial charge in [0.05, 0.1) is 5.75 Å². The molecule has 4 nitrogen and oxygen atoms in total. The first-order chi connectivity index (χ1) is 7.09. The van der Waals surface area contributed by atoms with Crippen LogP contribution in [0.25, 0.3) is 0 Å². The molecule has 1 fully saturated rings. The molecule has 0 saturated carbocycles. The highest BCUT2D eigenvalue weighted by molar-refractivity contribution is 7.92. The van der Waals surface area contributed by atoms with Crippen LogP contribution in [0.2, 0.25) is 0 Å². The second-order valence-electron chi connectivity index (χ2n) is 3.79. The molecule has 0 spiro atoms. The van der Waals surface area contributed by atoms with Gasteiger partial charge in [-0.1, -0.05) is 6.07 Å². The summed E-state index contributed by atoms with van der Waals surface area (Å²) in [5.74, 6) is 0.781. The summed E-state index contributed by atoms with van der Waals surface area (Å²) in [6, 6.07) is 3.64. The van der Waals surface area contributed by atoms with E-state index in [-0.39, 0.29) is 5.75 Å². The van der Waals surface area contributed by atoms with Crippen molar-refractivity contribution in [1.82, 2.24) is 4.98 Å². The maximum absolute atomic E-state index is 11.8. The van der Waals surface area contributed by atoms with Gasteiger partial charge in [0.25, 0.3) is 0 Å². The third kappa shape index (κ3) is 2.12. The zero-order valence-electron chi connectivity index (χ0n) is 8.68. The van der Waals surface area contributed by atoms with E-state index in [0.29, 0.717) is 12.4 Å². The predicted octanol–water partition coefficient (Wildman–Crippen LogP) is 1.32. The molecule has 0 radical (unpaired) electrons. The van der Waals surface area contributed by atoms with E-state index in [0.717, 1.165) is 18.4 Å². The molecule has 0 bridgehead atoms. The fourth-order valence-electron chi connectivity index (χ4n) is 1.65. The van der Waals surface area contributed by atoms with E-state index in [9.17, 15) is 8.42 Å². The van der Waals surface area contributed by atoms with Crippen LogP contribution in [0.15, 0.2) is 18.3 Å². The number of anilines is 1. The van der Waals surface area contributed by atoms with E-state index < -0.39 is 10.0 Å². The zero-order valence-corrected chi connectivity index (χ0v) is 9.50. The number of aryl methyl sites for hydroxylation is 1. The molecular formula is C10H14N2O2S. The smallest absolute Gasteiger partial charge is 0.236 e. The lowest BCUT2D eigenvalue weighted by atomic mass is 10.3. The Morgan fingerprint density at radius 2 is 2.13 bits per heavy atom. The van der Waals surface area contributed by atoms with Gasteiger partial charge in [-0.15, -0.1) is 0 Å². The molecule has 1 aromatic heterocycles. The molecule has 1 aliphatic rings. The van der Waals surface area contributed by atoms with E-state index in [1.165, 1.54) is 4.31 Å². The van der Waals surface area contributed by atoms with Gasteiger partial charge in [0.1, 0.15) is 5.82 Å². The van der Waals surface area contributed by atoms with Crippen LogP contribution in [0, 0.1) is 6.92 Å². The summed E-state index contributed by atoms with van der Waals surface area (Å²) in [7, 11) is -3.12. The molecule has 0 N–H and O–H groups in total. The number of rotatable bonds is 1. The Hall–Kier alpha value is -1.10. The standard InChI is InChI=1S/C10H14N2O2S/c1-9-4-5-10(11-8-9)12-6-2-3-7-15(12,13)14/h4-5,8H,2-3,6-7H2,1H3. The molecule has 0 unspecified atom stereocenters. The average molecular weight is 226 g/mol. The van der Waals surface area contributed by atoms with Gasteiger partial charge in [-0.25, -0.2) is 13.4 Å². The number of pyridine rings is 1. The maximum Gasteiger partial charge on any atom is 0.236 e. The highest BCUT2D eigenvalue weighted by atomic mass is 32.2. The monoisotopic (exact) mass is 226 g/mol. The van der Waals surface area contributed by atoms with Crippen LogP contribution in [0.5, 0.6) is 0 Å². The predicted molar refractivity (Wildman–Crippen MR) is 59.3 cm³/mol. The summed E-state index contributed by atoms with van der Waals surface area (Å²) in [4.78, 5) is 4.14. The fourth-order valence-corrected chi connectivity index (χ4v) is 3.24. The van der Waals surface area contributed by atoms with Crippen LogP contribution in [-0.2, 0) is 10.0 Å². The Morgan fingerprint density at radius 3 is 2.73 bits per heavy atom. The summed E-state index contributed by atoms with van der Waals surface area (Å²) in [6.07, 6.45) is 3.36. The summed E-state index contributed by atoms with van der Waals surface area (Å²) >= 11 is 0. The lowest BCUT2D eigenvalue weighted by molar-refractivity contribution is 0.573. The van der Waals surface area contributed by atoms with Crippen molar-refractivity contribution in [1.29, 1.82) is 0 Å². The van der Waals surface area contributed by atoms with Gasteiger partial charge in [0.15, 0.2) is 0 Å². The quantitative estimate of drug-likeness (QED) is 0.725. The molecule has 2 heterocycles. The first-order valence-corrected chi connectivity index (χ1v) is 6.63. The van der Waals surface area contributed by atoms with E-state index in [2.05, 4.69) is 4.98 Å². The van der Waals surface area contributed by atoms with Crippen LogP contribution in [-0.4, -0.2) is 25.7 Å². The van der Waals surface area contributed by atoms with Gasteiger partial charge in [-0.2, -0.15) is 0 Å². The van der Waals surface area contributed by atoms with Gasteiger partial charge < -0.3 is 0 Å². The fraction of sp³-hybridized carbons (Fsp3) is 0.500. The second-order valence-corrected chi connectivity index (χ2v) is 5.80. The van der Waals surface area contributed by atoms with Crippen molar-refractivity contribution in [2.75, 3.05) is 16.6 Å². The molecule has 2 rings (SSSR count). The Kier molecular flexibility index (Phi) is 2.65.